The number of rotatable bonds is 2. The number of hydrogen-bond acceptors (Lipinski definition) is 3. The number of thioether (sulfide) groups is 1. The number of carbonyl (C=O) groups excluding carboxylic acids is 1. The zero-order valence-electron chi connectivity index (χ0n) is 7.75. The standard InChI is InChI=1S/C8H14O3S/c1-5(6(9)10)7(11)12-8(2,3)4/h5H,1-4H3,(H,9,10). The summed E-state index contributed by atoms with van der Waals surface area (Å²) in [6, 6.07) is 0. The highest BCUT2D eigenvalue weighted by Crippen LogP contribution is 2.26. The monoisotopic (exact) mass is 190 g/mol. The first-order valence-corrected chi connectivity index (χ1v) is 4.51. The van der Waals surface area contributed by atoms with Crippen LogP contribution >= 0.6 is 11.8 Å². The third-order valence-corrected chi connectivity index (χ3v) is 2.30. The number of aliphatic carboxylic acids is 1. The van der Waals surface area contributed by atoms with Crippen molar-refractivity contribution in [3.63, 3.8) is 0 Å². The van der Waals surface area contributed by atoms with Crippen molar-refractivity contribution < 1.29 is 14.7 Å². The van der Waals surface area contributed by atoms with E-state index in [9.17, 15) is 9.59 Å². The molecule has 0 bridgehead atoms. The predicted octanol–water partition coefficient (Wildman–Crippen LogP) is 1.77. The molecular formula is C8H14O3S. The highest BCUT2D eigenvalue weighted by atomic mass is 32.2. The second-order valence-electron chi connectivity index (χ2n) is 3.59. The SMILES string of the molecule is CC(C(=O)O)C(=O)SC(C)(C)C. The molecule has 0 radical (unpaired) electrons. The van der Waals surface area contributed by atoms with Gasteiger partial charge in [0.15, 0.2) is 0 Å². The number of carboxylic acid groups (broad SMARTS) is 1. The van der Waals surface area contributed by atoms with Gasteiger partial charge in [-0.1, -0.05) is 32.5 Å². The summed E-state index contributed by atoms with van der Waals surface area (Å²) in [5.41, 5.74) is 0. The summed E-state index contributed by atoms with van der Waals surface area (Å²) in [6.07, 6.45) is 0. The Morgan fingerprint density at radius 2 is 1.75 bits per heavy atom. The average Bonchev–Trinajstić information content (AvgIpc) is 1.82. The zero-order chi connectivity index (χ0) is 9.94. The van der Waals surface area contributed by atoms with E-state index >= 15 is 0 Å². The van der Waals surface area contributed by atoms with E-state index in [0.717, 1.165) is 11.8 Å². The highest BCUT2D eigenvalue weighted by Gasteiger charge is 2.25. The molecule has 0 rings (SSSR count). The largest absolute Gasteiger partial charge is 0.481 e. The fourth-order valence-electron chi connectivity index (χ4n) is 0.491. The Hall–Kier alpha value is -0.510. The van der Waals surface area contributed by atoms with Gasteiger partial charge in [-0.05, 0) is 6.92 Å². The van der Waals surface area contributed by atoms with Crippen LogP contribution in [0.15, 0.2) is 0 Å². The normalized spacial score (nSPS) is 14.0. The molecule has 0 aromatic carbocycles. The van der Waals surface area contributed by atoms with E-state index in [1.165, 1.54) is 6.92 Å². The molecule has 0 aliphatic rings. The lowest BCUT2D eigenvalue weighted by molar-refractivity contribution is -0.143. The molecule has 0 aliphatic carbocycles. The number of hydrogen-bond donors (Lipinski definition) is 1. The molecule has 1 N–H and O–H groups in total. The molecule has 0 spiro atoms. The minimum atomic E-state index is -1.06. The van der Waals surface area contributed by atoms with Gasteiger partial charge in [0.2, 0.25) is 5.12 Å². The van der Waals surface area contributed by atoms with Crippen molar-refractivity contribution in [1.82, 2.24) is 0 Å². The van der Waals surface area contributed by atoms with E-state index in [4.69, 9.17) is 5.11 Å². The summed E-state index contributed by atoms with van der Waals surface area (Å²) in [6.45, 7) is 7.04. The first-order chi connectivity index (χ1) is 5.24. The number of carbonyl (C=O) groups is 2. The van der Waals surface area contributed by atoms with Gasteiger partial charge in [-0.25, -0.2) is 0 Å². The van der Waals surface area contributed by atoms with E-state index in [0.29, 0.717) is 0 Å². The summed E-state index contributed by atoms with van der Waals surface area (Å²) >= 11 is 1.07. The van der Waals surface area contributed by atoms with Crippen LogP contribution < -0.4 is 0 Å². The van der Waals surface area contributed by atoms with Crippen LogP contribution in [0, 0.1) is 5.92 Å². The van der Waals surface area contributed by atoms with Crippen LogP contribution in [0.5, 0.6) is 0 Å². The van der Waals surface area contributed by atoms with Crippen molar-refractivity contribution >= 4 is 22.8 Å². The van der Waals surface area contributed by atoms with Gasteiger partial charge < -0.3 is 5.11 Å². The maximum absolute atomic E-state index is 11.2. The third-order valence-electron chi connectivity index (χ3n) is 1.13. The van der Waals surface area contributed by atoms with Crippen molar-refractivity contribution in [2.24, 2.45) is 5.92 Å². The highest BCUT2D eigenvalue weighted by molar-refractivity contribution is 8.14. The summed E-state index contributed by atoms with van der Waals surface area (Å²) in [7, 11) is 0. The fraction of sp³-hybridized carbons (Fsp3) is 0.750. The van der Waals surface area contributed by atoms with Crippen LogP contribution in [-0.4, -0.2) is 20.9 Å². The second-order valence-corrected chi connectivity index (χ2v) is 5.42. The minimum absolute atomic E-state index is 0.208. The molecule has 1 unspecified atom stereocenters. The van der Waals surface area contributed by atoms with Gasteiger partial charge in [-0.15, -0.1) is 0 Å². The van der Waals surface area contributed by atoms with E-state index in [1.54, 1.807) is 0 Å². The molecule has 0 aromatic heterocycles. The first kappa shape index (κ1) is 11.5. The van der Waals surface area contributed by atoms with Crippen LogP contribution in [0.25, 0.3) is 0 Å². The lowest BCUT2D eigenvalue weighted by atomic mass is 10.2. The van der Waals surface area contributed by atoms with Crippen LogP contribution in [0.3, 0.4) is 0 Å². The first-order valence-electron chi connectivity index (χ1n) is 3.69. The Labute approximate surface area is 76.5 Å². The molecule has 0 aromatic rings. The second kappa shape index (κ2) is 3.94. The minimum Gasteiger partial charge on any atom is -0.481 e. The average molecular weight is 190 g/mol. The molecule has 0 heterocycles. The maximum atomic E-state index is 11.2. The molecule has 12 heavy (non-hydrogen) atoms. The molecular weight excluding hydrogens is 176 g/mol. The van der Waals surface area contributed by atoms with E-state index in [-0.39, 0.29) is 9.86 Å². The maximum Gasteiger partial charge on any atom is 0.314 e. The van der Waals surface area contributed by atoms with Crippen molar-refractivity contribution in [3.05, 3.63) is 0 Å². The Balaban J connectivity index is 4.15. The summed E-state index contributed by atoms with van der Waals surface area (Å²) < 4.78 is -0.208. The smallest absolute Gasteiger partial charge is 0.314 e. The van der Waals surface area contributed by atoms with Gasteiger partial charge in [0.25, 0.3) is 0 Å². The molecule has 70 valence electrons. The molecule has 3 nitrogen and oxygen atoms in total. The van der Waals surface area contributed by atoms with Gasteiger partial charge in [0.05, 0.1) is 0 Å². The Kier molecular flexibility index (Phi) is 3.77. The fourth-order valence-corrected chi connectivity index (χ4v) is 1.37. The molecule has 0 amide bonds. The molecule has 0 fully saturated rings. The van der Waals surface area contributed by atoms with Gasteiger partial charge >= 0.3 is 5.97 Å². The molecule has 0 saturated heterocycles. The van der Waals surface area contributed by atoms with Crippen LogP contribution in [0.2, 0.25) is 0 Å². The molecule has 1 atom stereocenters. The lowest BCUT2D eigenvalue weighted by Gasteiger charge is -2.17. The van der Waals surface area contributed by atoms with Gasteiger partial charge in [-0.2, -0.15) is 0 Å². The van der Waals surface area contributed by atoms with Gasteiger partial charge in [0.1, 0.15) is 5.92 Å². The van der Waals surface area contributed by atoms with Crippen molar-refractivity contribution in [1.29, 1.82) is 0 Å². The third kappa shape index (κ3) is 4.38. The van der Waals surface area contributed by atoms with E-state index < -0.39 is 11.9 Å². The lowest BCUT2D eigenvalue weighted by Crippen LogP contribution is -2.22. The molecule has 0 saturated carbocycles. The molecule has 0 aliphatic heterocycles. The Morgan fingerprint density at radius 1 is 1.33 bits per heavy atom. The van der Waals surface area contributed by atoms with Gasteiger partial charge in [0, 0.05) is 4.75 Å². The van der Waals surface area contributed by atoms with Crippen molar-refractivity contribution in [2.75, 3.05) is 0 Å². The van der Waals surface area contributed by atoms with Crippen LogP contribution in [-0.2, 0) is 9.59 Å². The van der Waals surface area contributed by atoms with Crippen molar-refractivity contribution in [3.8, 4) is 0 Å². The van der Waals surface area contributed by atoms with Gasteiger partial charge in [-0.3, -0.25) is 9.59 Å². The predicted molar refractivity (Wildman–Crippen MR) is 49.2 cm³/mol. The Bertz CT molecular complexity index is 193. The van der Waals surface area contributed by atoms with E-state index in [2.05, 4.69) is 0 Å². The number of carboxylic acids is 1. The quantitative estimate of drug-likeness (QED) is 0.674. The topological polar surface area (TPSA) is 54.4 Å². The molecule has 4 heteroatoms. The summed E-state index contributed by atoms with van der Waals surface area (Å²) in [4.78, 5) is 21.6. The summed E-state index contributed by atoms with van der Waals surface area (Å²) in [5.74, 6) is -1.97. The van der Waals surface area contributed by atoms with E-state index in [1.807, 2.05) is 20.8 Å². The zero-order valence-corrected chi connectivity index (χ0v) is 8.57. The van der Waals surface area contributed by atoms with Crippen LogP contribution in [0.1, 0.15) is 27.7 Å². The Morgan fingerprint density at radius 3 is 2.00 bits per heavy atom. The summed E-state index contributed by atoms with van der Waals surface area (Å²) in [5, 5.41) is 8.23. The van der Waals surface area contributed by atoms with Crippen LogP contribution in [0.4, 0.5) is 0 Å². The van der Waals surface area contributed by atoms with Crippen molar-refractivity contribution in [2.45, 2.75) is 32.4 Å².